The first-order chi connectivity index (χ1) is 15.0. The third-order valence-electron chi connectivity index (χ3n) is 5.92. The predicted octanol–water partition coefficient (Wildman–Crippen LogP) is 3.02. The van der Waals surface area contributed by atoms with Crippen LogP contribution in [0.5, 0.6) is 5.75 Å². The van der Waals surface area contributed by atoms with Gasteiger partial charge in [0.15, 0.2) is 0 Å². The molecule has 0 aliphatic carbocycles. The van der Waals surface area contributed by atoms with Gasteiger partial charge in [0, 0.05) is 19.0 Å². The van der Waals surface area contributed by atoms with Crippen molar-refractivity contribution in [3.05, 3.63) is 45.7 Å². The average molecular weight is 422 g/mol. The highest BCUT2D eigenvalue weighted by atomic mass is 16.5. The summed E-state index contributed by atoms with van der Waals surface area (Å²) in [6.45, 7) is 6.42. The molecule has 31 heavy (non-hydrogen) atoms. The molecule has 2 aliphatic rings. The maximum atomic E-state index is 13.2. The van der Waals surface area contributed by atoms with Gasteiger partial charge in [-0.2, -0.15) is 10.2 Å². The van der Waals surface area contributed by atoms with Crippen molar-refractivity contribution in [2.45, 2.75) is 39.0 Å². The van der Waals surface area contributed by atoms with Gasteiger partial charge < -0.3 is 15.0 Å². The van der Waals surface area contributed by atoms with Crippen LogP contribution in [0.1, 0.15) is 50.2 Å². The maximum Gasteiger partial charge on any atom is 0.258 e. The number of benzene rings is 1. The van der Waals surface area contributed by atoms with Gasteiger partial charge in [-0.05, 0) is 42.9 Å². The van der Waals surface area contributed by atoms with E-state index in [-0.39, 0.29) is 11.4 Å². The molecule has 2 N–H and O–H groups in total. The molecule has 0 saturated carbocycles. The Labute approximate surface area is 181 Å². The smallest absolute Gasteiger partial charge is 0.258 e. The standard InChI is InChI=1S/C23H27N5O3/c1-3-11-31-16-8-6-15(7-9-16)18-17(12-24)21(29)25-20-19(18)22(30)27-23(26-20)28-10-4-5-14(2)13-28/h6-9,14,17-18H,3-5,10-11,13H2,1-2H3,(H2,25,26,27,29,30). The summed E-state index contributed by atoms with van der Waals surface area (Å²) in [6, 6.07) is 9.29. The molecule has 1 fully saturated rings. The summed E-state index contributed by atoms with van der Waals surface area (Å²) in [4.78, 5) is 35.4. The molecule has 3 heterocycles. The van der Waals surface area contributed by atoms with E-state index in [2.05, 4.69) is 28.3 Å². The summed E-state index contributed by atoms with van der Waals surface area (Å²) < 4.78 is 5.63. The van der Waals surface area contributed by atoms with Crippen molar-refractivity contribution in [1.29, 1.82) is 5.26 Å². The molecule has 1 amide bonds. The Morgan fingerprint density at radius 3 is 2.74 bits per heavy atom. The predicted molar refractivity (Wildman–Crippen MR) is 117 cm³/mol. The highest BCUT2D eigenvalue weighted by Crippen LogP contribution is 2.38. The number of amides is 1. The molecule has 162 valence electrons. The number of nitrogens with one attached hydrogen (secondary N) is 2. The number of rotatable bonds is 5. The molecular formula is C23H27N5O3. The highest BCUT2D eigenvalue weighted by Gasteiger charge is 2.40. The van der Waals surface area contributed by atoms with Gasteiger partial charge in [-0.15, -0.1) is 0 Å². The van der Waals surface area contributed by atoms with E-state index in [1.807, 2.05) is 24.0 Å². The minimum Gasteiger partial charge on any atom is -0.494 e. The van der Waals surface area contributed by atoms with Gasteiger partial charge >= 0.3 is 0 Å². The molecule has 0 bridgehead atoms. The Hall–Kier alpha value is -3.34. The van der Waals surface area contributed by atoms with E-state index in [9.17, 15) is 14.9 Å². The molecule has 1 aromatic carbocycles. The average Bonchev–Trinajstić information content (AvgIpc) is 2.77. The zero-order chi connectivity index (χ0) is 22.0. The first-order valence-electron chi connectivity index (χ1n) is 10.8. The fourth-order valence-corrected chi connectivity index (χ4v) is 4.38. The van der Waals surface area contributed by atoms with Gasteiger partial charge in [0.25, 0.3) is 5.56 Å². The monoisotopic (exact) mass is 421 g/mol. The van der Waals surface area contributed by atoms with E-state index in [0.717, 1.165) is 32.4 Å². The number of H-pyrrole nitrogens is 1. The molecule has 1 aromatic heterocycles. The number of carbonyl (C=O) groups is 1. The van der Waals surface area contributed by atoms with E-state index in [0.29, 0.717) is 35.3 Å². The lowest BCUT2D eigenvalue weighted by atomic mass is 9.79. The third kappa shape index (κ3) is 4.13. The van der Waals surface area contributed by atoms with Crippen LogP contribution in [0.25, 0.3) is 0 Å². The molecule has 0 spiro atoms. The minimum absolute atomic E-state index is 0.241. The van der Waals surface area contributed by atoms with Gasteiger partial charge in [0.2, 0.25) is 11.9 Å². The zero-order valence-electron chi connectivity index (χ0n) is 17.9. The number of anilines is 2. The van der Waals surface area contributed by atoms with Crippen LogP contribution < -0.4 is 20.5 Å². The van der Waals surface area contributed by atoms with Crippen LogP contribution >= 0.6 is 0 Å². The van der Waals surface area contributed by atoms with Crippen molar-refractivity contribution >= 4 is 17.7 Å². The third-order valence-corrected chi connectivity index (χ3v) is 5.92. The minimum atomic E-state index is -1.02. The van der Waals surface area contributed by atoms with Gasteiger partial charge in [-0.3, -0.25) is 14.6 Å². The second-order valence-electron chi connectivity index (χ2n) is 8.34. The van der Waals surface area contributed by atoms with Gasteiger partial charge in [-0.1, -0.05) is 26.0 Å². The second kappa shape index (κ2) is 8.80. The molecule has 3 atom stereocenters. The summed E-state index contributed by atoms with van der Waals surface area (Å²) in [5, 5.41) is 12.4. The number of carbonyl (C=O) groups excluding carboxylic acids is 1. The molecule has 2 aliphatic heterocycles. The lowest BCUT2D eigenvalue weighted by Gasteiger charge is -2.33. The summed E-state index contributed by atoms with van der Waals surface area (Å²) in [5.41, 5.74) is 0.704. The molecule has 3 unspecified atom stereocenters. The van der Waals surface area contributed by atoms with Gasteiger partial charge in [0.05, 0.1) is 18.2 Å². The first-order valence-corrected chi connectivity index (χ1v) is 10.8. The summed E-state index contributed by atoms with van der Waals surface area (Å²) in [6.07, 6.45) is 3.07. The van der Waals surface area contributed by atoms with Crippen LogP contribution in [0.2, 0.25) is 0 Å². The lowest BCUT2D eigenvalue weighted by Crippen LogP contribution is -2.41. The van der Waals surface area contributed by atoms with Crippen LogP contribution in [0.4, 0.5) is 11.8 Å². The van der Waals surface area contributed by atoms with Crippen LogP contribution in [0.3, 0.4) is 0 Å². The normalized spacial score (nSPS) is 22.9. The molecule has 4 rings (SSSR count). The first kappa shape index (κ1) is 20.9. The fourth-order valence-electron chi connectivity index (χ4n) is 4.38. The number of piperidine rings is 1. The molecule has 8 nitrogen and oxygen atoms in total. The Balaban J connectivity index is 1.74. The van der Waals surface area contributed by atoms with E-state index in [1.54, 1.807) is 12.1 Å². The van der Waals surface area contributed by atoms with Crippen LogP contribution in [-0.4, -0.2) is 35.6 Å². The number of aromatic nitrogens is 2. The fraction of sp³-hybridized carbons (Fsp3) is 0.478. The van der Waals surface area contributed by atoms with E-state index >= 15 is 0 Å². The maximum absolute atomic E-state index is 13.2. The van der Waals surface area contributed by atoms with Gasteiger partial charge in [-0.25, -0.2) is 0 Å². The Bertz CT molecular complexity index is 1060. The number of fused-ring (bicyclic) bond motifs is 1. The molecule has 1 saturated heterocycles. The van der Waals surface area contributed by atoms with Crippen molar-refractivity contribution in [2.24, 2.45) is 11.8 Å². The molecule has 2 aromatic rings. The number of hydrogen-bond acceptors (Lipinski definition) is 6. The summed E-state index contributed by atoms with van der Waals surface area (Å²) in [7, 11) is 0. The largest absolute Gasteiger partial charge is 0.494 e. The van der Waals surface area contributed by atoms with Crippen molar-refractivity contribution in [1.82, 2.24) is 9.97 Å². The van der Waals surface area contributed by atoms with E-state index in [1.165, 1.54) is 0 Å². The summed E-state index contributed by atoms with van der Waals surface area (Å²) in [5.74, 6) is -0.228. The number of nitriles is 1. The van der Waals surface area contributed by atoms with Crippen LogP contribution in [0.15, 0.2) is 29.1 Å². The SMILES string of the molecule is CCCOc1ccc(C2c3c(nc(N4CCCC(C)C4)[nH]c3=O)NC(=O)C2C#N)cc1. The van der Waals surface area contributed by atoms with Crippen LogP contribution in [0, 0.1) is 23.2 Å². The Morgan fingerprint density at radius 1 is 1.29 bits per heavy atom. The zero-order valence-corrected chi connectivity index (χ0v) is 17.9. The second-order valence-corrected chi connectivity index (χ2v) is 8.34. The highest BCUT2D eigenvalue weighted by molar-refractivity contribution is 5.98. The number of nitrogens with zero attached hydrogens (tertiary/aromatic N) is 3. The van der Waals surface area contributed by atoms with Crippen LogP contribution in [-0.2, 0) is 4.79 Å². The molecule has 8 heteroatoms. The van der Waals surface area contributed by atoms with Crippen molar-refractivity contribution in [3.8, 4) is 11.8 Å². The number of aromatic amines is 1. The molecular weight excluding hydrogens is 394 g/mol. The van der Waals surface area contributed by atoms with Crippen molar-refractivity contribution < 1.29 is 9.53 Å². The Kier molecular flexibility index (Phi) is 5.94. The molecule has 0 radical (unpaired) electrons. The number of hydrogen-bond donors (Lipinski definition) is 2. The lowest BCUT2D eigenvalue weighted by molar-refractivity contribution is -0.119. The van der Waals surface area contributed by atoms with Crippen molar-refractivity contribution in [2.75, 3.05) is 29.9 Å². The summed E-state index contributed by atoms with van der Waals surface area (Å²) >= 11 is 0. The van der Waals surface area contributed by atoms with E-state index < -0.39 is 17.7 Å². The Morgan fingerprint density at radius 2 is 2.06 bits per heavy atom. The van der Waals surface area contributed by atoms with Gasteiger partial charge in [0.1, 0.15) is 17.5 Å². The number of ether oxygens (including phenoxy) is 1. The topological polar surface area (TPSA) is 111 Å². The quantitative estimate of drug-likeness (QED) is 0.768. The van der Waals surface area contributed by atoms with E-state index in [4.69, 9.17) is 4.74 Å². The van der Waals surface area contributed by atoms with Crippen molar-refractivity contribution in [3.63, 3.8) is 0 Å².